The highest BCUT2D eigenvalue weighted by atomic mass is 127. The summed E-state index contributed by atoms with van der Waals surface area (Å²) in [6.45, 7) is 0. The van der Waals surface area contributed by atoms with Crippen LogP contribution in [-0.4, -0.2) is 17.0 Å². The molecule has 0 amide bonds. The summed E-state index contributed by atoms with van der Waals surface area (Å²) >= 11 is 2.34. The van der Waals surface area contributed by atoms with Gasteiger partial charge in [0.15, 0.2) is 0 Å². The first-order chi connectivity index (χ1) is 7.83. The molecule has 0 aliphatic carbocycles. The monoisotopic (exact) mass is 325 g/mol. The molecule has 0 aliphatic heterocycles. The van der Waals surface area contributed by atoms with Crippen molar-refractivity contribution in [3.63, 3.8) is 0 Å². The van der Waals surface area contributed by atoms with Crippen molar-refractivity contribution < 1.29 is 0 Å². The maximum absolute atomic E-state index is 4.34. The van der Waals surface area contributed by atoms with E-state index in [-0.39, 0.29) is 6.04 Å². The number of nitrogens with zero attached hydrogens (tertiary/aromatic N) is 2. The molecule has 1 unspecified atom stereocenters. The molecular formula is C12H12IN3. The Morgan fingerprint density at radius 3 is 2.69 bits per heavy atom. The summed E-state index contributed by atoms with van der Waals surface area (Å²) in [5, 5.41) is 3.27. The Bertz CT molecular complexity index is 459. The van der Waals surface area contributed by atoms with E-state index in [1.807, 2.05) is 19.2 Å². The maximum atomic E-state index is 4.34. The predicted molar refractivity (Wildman–Crippen MR) is 72.1 cm³/mol. The van der Waals surface area contributed by atoms with E-state index in [0.717, 1.165) is 5.69 Å². The number of hydrogen-bond donors (Lipinski definition) is 1. The summed E-state index contributed by atoms with van der Waals surface area (Å²) in [5.74, 6) is 0. The van der Waals surface area contributed by atoms with E-state index >= 15 is 0 Å². The normalized spacial score (nSPS) is 12.4. The van der Waals surface area contributed by atoms with E-state index in [4.69, 9.17) is 0 Å². The second-order valence-electron chi connectivity index (χ2n) is 3.37. The Balaban J connectivity index is 2.41. The number of benzene rings is 1. The highest BCUT2D eigenvalue weighted by Gasteiger charge is 2.15. The van der Waals surface area contributed by atoms with Gasteiger partial charge in [-0.25, -0.2) is 0 Å². The Morgan fingerprint density at radius 2 is 2.06 bits per heavy atom. The molecule has 0 fully saturated rings. The molecule has 1 N–H and O–H groups in total. The third kappa shape index (κ3) is 2.38. The van der Waals surface area contributed by atoms with Crippen molar-refractivity contribution in [1.82, 2.24) is 15.3 Å². The van der Waals surface area contributed by atoms with Gasteiger partial charge in [-0.15, -0.1) is 0 Å². The molecule has 0 saturated heterocycles. The van der Waals surface area contributed by atoms with Crippen molar-refractivity contribution >= 4 is 22.6 Å². The van der Waals surface area contributed by atoms with Gasteiger partial charge in [-0.3, -0.25) is 9.97 Å². The van der Waals surface area contributed by atoms with Crippen LogP contribution in [0.1, 0.15) is 17.3 Å². The third-order valence-electron chi connectivity index (χ3n) is 2.38. The summed E-state index contributed by atoms with van der Waals surface area (Å²) in [7, 11) is 1.93. The number of aromatic nitrogens is 2. The Hall–Kier alpha value is -1.01. The second kappa shape index (κ2) is 5.36. The second-order valence-corrected chi connectivity index (χ2v) is 4.54. The molecular weight excluding hydrogens is 313 g/mol. The lowest BCUT2D eigenvalue weighted by molar-refractivity contribution is 0.664. The molecule has 2 aromatic rings. The highest BCUT2D eigenvalue weighted by Crippen LogP contribution is 2.23. The van der Waals surface area contributed by atoms with Gasteiger partial charge < -0.3 is 5.32 Å². The molecule has 3 nitrogen and oxygen atoms in total. The summed E-state index contributed by atoms with van der Waals surface area (Å²) in [6.07, 6.45) is 5.20. The fourth-order valence-electron chi connectivity index (χ4n) is 1.63. The van der Waals surface area contributed by atoms with Gasteiger partial charge in [0.1, 0.15) is 0 Å². The molecule has 0 radical (unpaired) electrons. The highest BCUT2D eigenvalue weighted by molar-refractivity contribution is 14.1. The number of rotatable bonds is 3. The molecule has 16 heavy (non-hydrogen) atoms. The largest absolute Gasteiger partial charge is 0.308 e. The smallest absolute Gasteiger partial charge is 0.0801 e. The lowest BCUT2D eigenvalue weighted by Gasteiger charge is -2.16. The Kier molecular flexibility index (Phi) is 3.84. The standard InChI is InChI=1S/C12H12IN3/c1-14-12(11-8-15-6-7-16-11)9-4-2-3-5-10(9)13/h2-8,12,14H,1H3. The molecule has 0 bridgehead atoms. The number of nitrogens with one attached hydrogen (secondary N) is 1. The summed E-state index contributed by atoms with van der Waals surface area (Å²) < 4.78 is 1.23. The van der Waals surface area contributed by atoms with Gasteiger partial charge in [-0.05, 0) is 41.3 Å². The van der Waals surface area contributed by atoms with Gasteiger partial charge in [0.25, 0.3) is 0 Å². The van der Waals surface area contributed by atoms with Crippen LogP contribution < -0.4 is 5.32 Å². The molecule has 1 aromatic carbocycles. The average molecular weight is 325 g/mol. The minimum atomic E-state index is 0.0989. The van der Waals surface area contributed by atoms with Gasteiger partial charge >= 0.3 is 0 Å². The zero-order valence-corrected chi connectivity index (χ0v) is 11.0. The zero-order valence-electron chi connectivity index (χ0n) is 8.89. The molecule has 1 heterocycles. The molecule has 1 atom stereocenters. The van der Waals surface area contributed by atoms with Crippen LogP contribution in [0.3, 0.4) is 0 Å². The van der Waals surface area contributed by atoms with E-state index in [9.17, 15) is 0 Å². The summed E-state index contributed by atoms with van der Waals surface area (Å²) in [5.41, 5.74) is 2.17. The fraction of sp³-hybridized carbons (Fsp3) is 0.167. The Labute approximate surface area is 108 Å². The molecule has 82 valence electrons. The molecule has 0 saturated carbocycles. The summed E-state index contributed by atoms with van der Waals surface area (Å²) in [6, 6.07) is 8.38. The van der Waals surface area contributed by atoms with E-state index in [1.54, 1.807) is 18.6 Å². The molecule has 2 rings (SSSR count). The zero-order chi connectivity index (χ0) is 11.4. The van der Waals surface area contributed by atoms with Gasteiger partial charge in [-0.1, -0.05) is 18.2 Å². The minimum Gasteiger partial charge on any atom is -0.308 e. The van der Waals surface area contributed by atoms with Crippen LogP contribution in [0, 0.1) is 3.57 Å². The van der Waals surface area contributed by atoms with Gasteiger partial charge in [-0.2, -0.15) is 0 Å². The van der Waals surface area contributed by atoms with E-state index < -0.39 is 0 Å². The summed E-state index contributed by atoms with van der Waals surface area (Å²) in [4.78, 5) is 8.44. The first kappa shape index (κ1) is 11.5. The molecule has 0 aliphatic rings. The van der Waals surface area contributed by atoms with E-state index in [0.29, 0.717) is 0 Å². The number of halogens is 1. The van der Waals surface area contributed by atoms with Crippen molar-refractivity contribution in [2.45, 2.75) is 6.04 Å². The van der Waals surface area contributed by atoms with Crippen molar-refractivity contribution in [1.29, 1.82) is 0 Å². The predicted octanol–water partition coefficient (Wildman–Crippen LogP) is 2.39. The van der Waals surface area contributed by atoms with Crippen LogP contribution in [0.2, 0.25) is 0 Å². The average Bonchev–Trinajstić information content (AvgIpc) is 2.34. The number of hydrogen-bond acceptors (Lipinski definition) is 3. The van der Waals surface area contributed by atoms with Crippen LogP contribution in [0.25, 0.3) is 0 Å². The maximum Gasteiger partial charge on any atom is 0.0801 e. The van der Waals surface area contributed by atoms with Crippen LogP contribution in [-0.2, 0) is 0 Å². The van der Waals surface area contributed by atoms with Crippen LogP contribution in [0.15, 0.2) is 42.9 Å². The van der Waals surface area contributed by atoms with Crippen LogP contribution >= 0.6 is 22.6 Å². The van der Waals surface area contributed by atoms with Crippen LogP contribution in [0.4, 0.5) is 0 Å². The fourth-order valence-corrected chi connectivity index (χ4v) is 2.33. The molecule has 1 aromatic heterocycles. The van der Waals surface area contributed by atoms with Crippen LogP contribution in [0.5, 0.6) is 0 Å². The quantitative estimate of drug-likeness (QED) is 0.881. The van der Waals surface area contributed by atoms with Gasteiger partial charge in [0.2, 0.25) is 0 Å². The van der Waals surface area contributed by atoms with Crippen molar-refractivity contribution in [2.24, 2.45) is 0 Å². The Morgan fingerprint density at radius 1 is 1.25 bits per heavy atom. The van der Waals surface area contributed by atoms with Gasteiger partial charge in [0.05, 0.1) is 17.9 Å². The van der Waals surface area contributed by atoms with Gasteiger partial charge in [0, 0.05) is 16.0 Å². The molecule has 4 heteroatoms. The van der Waals surface area contributed by atoms with Crippen molar-refractivity contribution in [3.05, 3.63) is 57.7 Å². The lowest BCUT2D eigenvalue weighted by Crippen LogP contribution is -2.19. The van der Waals surface area contributed by atoms with E-state index in [2.05, 4.69) is 50.0 Å². The minimum absolute atomic E-state index is 0.0989. The SMILES string of the molecule is CNC(c1cnccn1)c1ccccc1I. The molecule has 0 spiro atoms. The third-order valence-corrected chi connectivity index (χ3v) is 3.37. The first-order valence-corrected chi connectivity index (χ1v) is 6.08. The van der Waals surface area contributed by atoms with Crippen molar-refractivity contribution in [3.8, 4) is 0 Å². The van der Waals surface area contributed by atoms with Crippen molar-refractivity contribution in [2.75, 3.05) is 7.05 Å². The first-order valence-electron chi connectivity index (χ1n) is 5.00. The lowest BCUT2D eigenvalue weighted by atomic mass is 10.0. The topological polar surface area (TPSA) is 37.8 Å². The van der Waals surface area contributed by atoms with E-state index in [1.165, 1.54) is 9.13 Å².